The number of nitrogens with zero attached hydrogens (tertiary/aromatic N) is 1. The van der Waals surface area contributed by atoms with Gasteiger partial charge in [0.15, 0.2) is 6.61 Å². The Morgan fingerprint density at radius 3 is 2.29 bits per heavy atom. The lowest BCUT2D eigenvalue weighted by atomic mass is 10.3. The van der Waals surface area contributed by atoms with E-state index in [0.717, 1.165) is 11.5 Å². The molecule has 0 amide bonds. The fourth-order valence-corrected chi connectivity index (χ4v) is 1.84. The highest BCUT2D eigenvalue weighted by molar-refractivity contribution is 7.71. The molecule has 0 saturated carbocycles. The predicted molar refractivity (Wildman–Crippen MR) is 79.0 cm³/mol. The lowest BCUT2D eigenvalue weighted by molar-refractivity contribution is 0.261. The minimum atomic E-state index is 0.214. The summed E-state index contributed by atoms with van der Waals surface area (Å²) in [6, 6.07) is 16.9. The highest BCUT2D eigenvalue weighted by atomic mass is 32.1. The molecule has 3 aromatic rings. The van der Waals surface area contributed by atoms with Gasteiger partial charge in [-0.1, -0.05) is 18.2 Å². The Labute approximate surface area is 126 Å². The molecule has 0 saturated heterocycles. The molecule has 2 aromatic carbocycles. The number of ether oxygens (including phenoxy) is 2. The smallest absolute Gasteiger partial charge is 0.284 e. The van der Waals surface area contributed by atoms with Crippen LogP contribution >= 0.6 is 12.2 Å². The Morgan fingerprint density at radius 2 is 1.62 bits per heavy atom. The normalized spacial score (nSPS) is 10.3. The van der Waals surface area contributed by atoms with Crippen LogP contribution in [-0.4, -0.2) is 10.2 Å². The Morgan fingerprint density at radius 1 is 0.952 bits per heavy atom. The largest absolute Gasteiger partial charge is 0.484 e. The maximum absolute atomic E-state index is 5.69. The van der Waals surface area contributed by atoms with Gasteiger partial charge in [0, 0.05) is 0 Å². The van der Waals surface area contributed by atoms with Crippen molar-refractivity contribution in [3.8, 4) is 17.2 Å². The first-order chi connectivity index (χ1) is 10.3. The third-order valence-electron chi connectivity index (χ3n) is 2.65. The standard InChI is InChI=1S/C15H12N2O3S/c21-15-17-16-14(20-15)10-18-11-6-8-13(9-7-11)19-12-4-2-1-3-5-12/h1-9H,10H2,(H,17,21). The number of rotatable bonds is 5. The number of nitrogens with one attached hydrogen (secondary N) is 1. The summed E-state index contributed by atoms with van der Waals surface area (Å²) in [4.78, 5) is 0.236. The number of hydrogen-bond acceptors (Lipinski definition) is 5. The summed E-state index contributed by atoms with van der Waals surface area (Å²) >= 11 is 4.79. The zero-order valence-corrected chi connectivity index (χ0v) is 11.8. The molecule has 0 unspecified atom stereocenters. The van der Waals surface area contributed by atoms with E-state index < -0.39 is 0 Å². The predicted octanol–water partition coefficient (Wildman–Crippen LogP) is 4.10. The van der Waals surface area contributed by atoms with E-state index in [1.807, 2.05) is 54.6 Å². The van der Waals surface area contributed by atoms with Gasteiger partial charge < -0.3 is 13.9 Å². The van der Waals surface area contributed by atoms with Gasteiger partial charge in [-0.3, -0.25) is 0 Å². The first-order valence-corrected chi connectivity index (χ1v) is 6.70. The van der Waals surface area contributed by atoms with Gasteiger partial charge in [-0.25, -0.2) is 5.10 Å². The topological polar surface area (TPSA) is 60.3 Å². The van der Waals surface area contributed by atoms with Gasteiger partial charge in [0.1, 0.15) is 17.2 Å². The maximum Gasteiger partial charge on any atom is 0.284 e. The monoisotopic (exact) mass is 300 g/mol. The van der Waals surface area contributed by atoms with Crippen LogP contribution < -0.4 is 9.47 Å². The van der Waals surface area contributed by atoms with Crippen molar-refractivity contribution in [2.45, 2.75) is 6.61 Å². The Hall–Kier alpha value is -2.60. The summed E-state index contributed by atoms with van der Waals surface area (Å²) in [5.41, 5.74) is 0. The number of H-pyrrole nitrogens is 1. The molecule has 3 rings (SSSR count). The van der Waals surface area contributed by atoms with E-state index in [1.54, 1.807) is 0 Å². The zero-order valence-electron chi connectivity index (χ0n) is 11.0. The Bertz CT molecular complexity index is 750. The van der Waals surface area contributed by atoms with Crippen molar-refractivity contribution in [2.24, 2.45) is 0 Å². The molecule has 0 atom stereocenters. The second kappa shape index (κ2) is 6.23. The molecular weight excluding hydrogens is 288 g/mol. The third-order valence-corrected chi connectivity index (χ3v) is 2.82. The van der Waals surface area contributed by atoms with E-state index in [0.29, 0.717) is 11.6 Å². The molecule has 1 N–H and O–H groups in total. The number of aromatic amines is 1. The van der Waals surface area contributed by atoms with Crippen molar-refractivity contribution < 1.29 is 13.9 Å². The SMILES string of the molecule is S=c1[nH]nc(COc2ccc(Oc3ccccc3)cc2)o1. The molecule has 1 heterocycles. The fourth-order valence-electron chi connectivity index (χ4n) is 1.70. The summed E-state index contributed by atoms with van der Waals surface area (Å²) in [5.74, 6) is 2.63. The quantitative estimate of drug-likeness (QED) is 0.719. The summed E-state index contributed by atoms with van der Waals surface area (Å²) in [5, 5.41) is 6.40. The van der Waals surface area contributed by atoms with E-state index in [4.69, 9.17) is 26.1 Å². The van der Waals surface area contributed by atoms with Crippen molar-refractivity contribution in [3.05, 3.63) is 65.3 Å². The van der Waals surface area contributed by atoms with Crippen molar-refractivity contribution in [1.82, 2.24) is 10.2 Å². The molecule has 21 heavy (non-hydrogen) atoms. The summed E-state index contributed by atoms with van der Waals surface area (Å²) < 4.78 is 16.3. The van der Waals surface area contributed by atoms with Gasteiger partial charge in [-0.2, -0.15) is 0 Å². The summed E-state index contributed by atoms with van der Waals surface area (Å²) in [6.45, 7) is 0.214. The van der Waals surface area contributed by atoms with Gasteiger partial charge in [0.2, 0.25) is 0 Å². The van der Waals surface area contributed by atoms with Crippen LogP contribution in [0.1, 0.15) is 5.89 Å². The molecule has 0 aliphatic heterocycles. The van der Waals surface area contributed by atoms with Crippen LogP contribution in [0.3, 0.4) is 0 Å². The van der Waals surface area contributed by atoms with E-state index in [-0.39, 0.29) is 11.4 Å². The molecule has 1 aromatic heterocycles. The molecule has 106 valence electrons. The van der Waals surface area contributed by atoms with Crippen LogP contribution in [0.15, 0.2) is 59.0 Å². The molecule has 6 heteroatoms. The van der Waals surface area contributed by atoms with Crippen molar-refractivity contribution >= 4 is 12.2 Å². The first kappa shape index (κ1) is 13.4. The van der Waals surface area contributed by atoms with Crippen molar-refractivity contribution in [2.75, 3.05) is 0 Å². The maximum atomic E-state index is 5.69. The van der Waals surface area contributed by atoms with Gasteiger partial charge in [-0.05, 0) is 48.6 Å². The number of para-hydroxylation sites is 1. The first-order valence-electron chi connectivity index (χ1n) is 6.30. The fraction of sp³-hybridized carbons (Fsp3) is 0.0667. The highest BCUT2D eigenvalue weighted by Crippen LogP contribution is 2.23. The van der Waals surface area contributed by atoms with Crippen LogP contribution in [0.5, 0.6) is 17.2 Å². The molecule has 0 spiro atoms. The van der Waals surface area contributed by atoms with Gasteiger partial charge in [0.25, 0.3) is 10.7 Å². The molecule has 0 aliphatic carbocycles. The van der Waals surface area contributed by atoms with Gasteiger partial charge >= 0.3 is 0 Å². The lowest BCUT2D eigenvalue weighted by Crippen LogP contribution is -1.95. The number of benzene rings is 2. The molecule has 0 fully saturated rings. The van der Waals surface area contributed by atoms with Crippen LogP contribution in [0.4, 0.5) is 0 Å². The summed E-state index contributed by atoms with van der Waals surface area (Å²) in [6.07, 6.45) is 0. The minimum Gasteiger partial charge on any atom is -0.484 e. The number of aromatic nitrogens is 2. The molecular formula is C15H12N2O3S. The van der Waals surface area contributed by atoms with Crippen LogP contribution in [0.2, 0.25) is 0 Å². The van der Waals surface area contributed by atoms with E-state index in [9.17, 15) is 0 Å². The van der Waals surface area contributed by atoms with E-state index in [2.05, 4.69) is 10.2 Å². The van der Waals surface area contributed by atoms with Gasteiger partial charge in [-0.15, -0.1) is 5.10 Å². The number of hydrogen-bond donors (Lipinski definition) is 1. The average molecular weight is 300 g/mol. The molecule has 0 aliphatic rings. The molecule has 5 nitrogen and oxygen atoms in total. The van der Waals surface area contributed by atoms with Crippen molar-refractivity contribution in [3.63, 3.8) is 0 Å². The lowest BCUT2D eigenvalue weighted by Gasteiger charge is -2.07. The zero-order chi connectivity index (χ0) is 14.5. The van der Waals surface area contributed by atoms with Crippen LogP contribution in [0.25, 0.3) is 0 Å². The van der Waals surface area contributed by atoms with E-state index in [1.165, 1.54) is 0 Å². The minimum absolute atomic E-state index is 0.214. The van der Waals surface area contributed by atoms with Crippen LogP contribution in [0, 0.1) is 4.84 Å². The van der Waals surface area contributed by atoms with Crippen molar-refractivity contribution in [1.29, 1.82) is 0 Å². The second-order valence-electron chi connectivity index (χ2n) is 4.18. The highest BCUT2D eigenvalue weighted by Gasteiger charge is 2.02. The average Bonchev–Trinajstić information content (AvgIpc) is 2.93. The Kier molecular flexibility index (Phi) is 3.97. The van der Waals surface area contributed by atoms with E-state index >= 15 is 0 Å². The Balaban J connectivity index is 1.60. The molecule has 0 radical (unpaired) electrons. The van der Waals surface area contributed by atoms with Gasteiger partial charge in [0.05, 0.1) is 0 Å². The third kappa shape index (κ3) is 3.70. The summed E-state index contributed by atoms with van der Waals surface area (Å²) in [7, 11) is 0. The molecule has 0 bridgehead atoms. The van der Waals surface area contributed by atoms with Crippen LogP contribution in [-0.2, 0) is 6.61 Å². The second-order valence-corrected chi connectivity index (χ2v) is 4.55.